The summed E-state index contributed by atoms with van der Waals surface area (Å²) in [5.74, 6) is 0.739. The summed E-state index contributed by atoms with van der Waals surface area (Å²) in [5.41, 5.74) is 0.263. The minimum Gasteiger partial charge on any atom is -0.487 e. The molecule has 3 heterocycles. The van der Waals surface area contributed by atoms with Crippen LogP contribution in [0.2, 0.25) is 5.02 Å². The summed E-state index contributed by atoms with van der Waals surface area (Å²) in [5, 5.41) is 3.31. The molecule has 0 saturated carbocycles. The number of rotatable bonds is 3. The average Bonchev–Trinajstić information content (AvgIpc) is 3.10. The monoisotopic (exact) mass is 358 g/mol. The Kier molecular flexibility index (Phi) is 3.77. The summed E-state index contributed by atoms with van der Waals surface area (Å²) in [4.78, 5) is 25.4. The van der Waals surface area contributed by atoms with Crippen molar-refractivity contribution in [3.05, 3.63) is 63.3 Å². The minimum absolute atomic E-state index is 0.0483. The first-order valence-electron chi connectivity index (χ1n) is 7.87. The Labute approximate surface area is 148 Å². The van der Waals surface area contributed by atoms with Gasteiger partial charge in [0, 0.05) is 6.20 Å². The fourth-order valence-corrected chi connectivity index (χ4v) is 3.31. The van der Waals surface area contributed by atoms with E-state index in [2.05, 4.69) is 5.32 Å². The summed E-state index contributed by atoms with van der Waals surface area (Å²) in [7, 11) is 0. The second-order valence-electron chi connectivity index (χ2n) is 5.98. The molecule has 6 nitrogen and oxygen atoms in total. The first-order valence-corrected chi connectivity index (χ1v) is 8.25. The predicted molar refractivity (Wildman–Crippen MR) is 93.2 cm³/mol. The largest absolute Gasteiger partial charge is 0.487 e. The summed E-state index contributed by atoms with van der Waals surface area (Å²) < 4.78 is 12.8. The summed E-state index contributed by atoms with van der Waals surface area (Å²) in [6.45, 7) is 2.66. The van der Waals surface area contributed by atoms with Gasteiger partial charge in [0.2, 0.25) is 5.43 Å². The van der Waals surface area contributed by atoms with E-state index in [1.54, 1.807) is 30.5 Å². The van der Waals surface area contributed by atoms with E-state index >= 15 is 0 Å². The first-order chi connectivity index (χ1) is 12.0. The van der Waals surface area contributed by atoms with Crippen LogP contribution in [0.5, 0.6) is 5.75 Å². The third-order valence-corrected chi connectivity index (χ3v) is 4.48. The third-order valence-electron chi connectivity index (χ3n) is 4.16. The maximum absolute atomic E-state index is 12.8. The van der Waals surface area contributed by atoms with Crippen LogP contribution in [-0.2, 0) is 13.1 Å². The van der Waals surface area contributed by atoms with Crippen molar-refractivity contribution >= 4 is 28.4 Å². The van der Waals surface area contributed by atoms with Crippen LogP contribution in [0.1, 0.15) is 23.0 Å². The van der Waals surface area contributed by atoms with Gasteiger partial charge >= 0.3 is 0 Å². The molecule has 0 radical (unpaired) electrons. The van der Waals surface area contributed by atoms with E-state index in [1.165, 1.54) is 6.26 Å². The number of carbonyl (C=O) groups is 1. The van der Waals surface area contributed by atoms with E-state index in [1.807, 2.05) is 11.5 Å². The summed E-state index contributed by atoms with van der Waals surface area (Å²) in [6, 6.07) is 6.85. The molecule has 1 N–H and O–H groups in total. The normalized spacial score (nSPS) is 15.8. The van der Waals surface area contributed by atoms with Crippen molar-refractivity contribution in [2.45, 2.75) is 26.1 Å². The molecule has 0 spiro atoms. The number of nitrogens with one attached hydrogen (secondary N) is 1. The molecule has 1 aliphatic heterocycles. The highest BCUT2D eigenvalue weighted by Gasteiger charge is 2.24. The number of hydrogen-bond donors (Lipinski definition) is 1. The molecular formula is C18H15ClN2O4. The molecule has 1 atom stereocenters. The van der Waals surface area contributed by atoms with Gasteiger partial charge in [-0.25, -0.2) is 0 Å². The Morgan fingerprint density at radius 1 is 1.40 bits per heavy atom. The number of hydrogen-bond acceptors (Lipinski definition) is 4. The van der Waals surface area contributed by atoms with Gasteiger partial charge in [-0.1, -0.05) is 11.6 Å². The van der Waals surface area contributed by atoms with Crippen LogP contribution in [0.25, 0.3) is 10.9 Å². The van der Waals surface area contributed by atoms with Gasteiger partial charge in [0.25, 0.3) is 5.91 Å². The van der Waals surface area contributed by atoms with Gasteiger partial charge in [0.15, 0.2) is 0 Å². The maximum atomic E-state index is 12.8. The quantitative estimate of drug-likeness (QED) is 0.781. The van der Waals surface area contributed by atoms with Crippen molar-refractivity contribution in [2.75, 3.05) is 0 Å². The number of ether oxygens (including phenoxy) is 1. The molecule has 1 aliphatic rings. The molecule has 0 saturated heterocycles. The van der Waals surface area contributed by atoms with Crippen molar-refractivity contribution in [1.29, 1.82) is 0 Å². The lowest BCUT2D eigenvalue weighted by molar-refractivity contribution is 0.0945. The standard InChI is InChI=1S/C18H15ClN2O4/c1-10-8-21-9-12(18(23)20-7-11-3-2-6-24-11)17(22)15-13(19)4-5-14(25-10)16(15)21/h2-6,9-10H,7-8H2,1H3,(H,20,23)/t10-/m0/s1. The Morgan fingerprint density at radius 2 is 2.24 bits per heavy atom. The zero-order chi connectivity index (χ0) is 17.6. The van der Waals surface area contributed by atoms with Crippen molar-refractivity contribution in [3.8, 4) is 5.75 Å². The van der Waals surface area contributed by atoms with E-state index in [9.17, 15) is 9.59 Å². The van der Waals surface area contributed by atoms with Crippen molar-refractivity contribution in [1.82, 2.24) is 9.88 Å². The van der Waals surface area contributed by atoms with Gasteiger partial charge in [-0.3, -0.25) is 9.59 Å². The number of halogens is 1. The average molecular weight is 359 g/mol. The van der Waals surface area contributed by atoms with Gasteiger partial charge in [0.1, 0.15) is 23.2 Å². The first kappa shape index (κ1) is 15.8. The SMILES string of the molecule is C[C@H]1Cn2cc(C(=O)NCc3ccco3)c(=O)c3c(Cl)ccc(c32)O1. The summed E-state index contributed by atoms with van der Waals surface area (Å²) >= 11 is 6.24. The molecule has 0 bridgehead atoms. The molecule has 1 amide bonds. The van der Waals surface area contributed by atoms with Crippen molar-refractivity contribution in [2.24, 2.45) is 0 Å². The smallest absolute Gasteiger partial charge is 0.257 e. The second kappa shape index (κ2) is 5.97. The number of carbonyl (C=O) groups excluding carboxylic acids is 1. The van der Waals surface area contributed by atoms with Gasteiger partial charge in [0.05, 0.1) is 35.3 Å². The molecule has 3 aromatic rings. The van der Waals surface area contributed by atoms with Crippen LogP contribution in [0, 0.1) is 0 Å². The fraction of sp³-hybridized carbons (Fsp3) is 0.222. The zero-order valence-corrected chi connectivity index (χ0v) is 14.2. The Hall–Kier alpha value is -2.73. The van der Waals surface area contributed by atoms with Crippen LogP contribution in [0.15, 0.2) is 45.9 Å². The molecule has 0 unspecified atom stereocenters. The predicted octanol–water partition coefficient (Wildman–Crippen LogP) is 2.96. The highest BCUT2D eigenvalue weighted by molar-refractivity contribution is 6.35. The van der Waals surface area contributed by atoms with Crippen LogP contribution >= 0.6 is 11.6 Å². The second-order valence-corrected chi connectivity index (χ2v) is 6.39. The number of benzene rings is 1. The van der Waals surface area contributed by atoms with Crippen LogP contribution in [0.3, 0.4) is 0 Å². The maximum Gasteiger partial charge on any atom is 0.257 e. The topological polar surface area (TPSA) is 73.5 Å². The van der Waals surface area contributed by atoms with E-state index in [0.29, 0.717) is 34.0 Å². The van der Waals surface area contributed by atoms with Crippen molar-refractivity contribution < 1.29 is 13.9 Å². The van der Waals surface area contributed by atoms with Crippen LogP contribution in [-0.4, -0.2) is 16.6 Å². The molecule has 0 fully saturated rings. The highest BCUT2D eigenvalue weighted by Crippen LogP contribution is 2.33. The Morgan fingerprint density at radius 3 is 3.00 bits per heavy atom. The molecule has 1 aromatic carbocycles. The Balaban J connectivity index is 1.80. The van der Waals surface area contributed by atoms with E-state index in [0.717, 1.165) is 0 Å². The van der Waals surface area contributed by atoms with E-state index in [-0.39, 0.29) is 18.2 Å². The van der Waals surface area contributed by atoms with Gasteiger partial charge < -0.3 is 19.0 Å². The highest BCUT2D eigenvalue weighted by atomic mass is 35.5. The van der Waals surface area contributed by atoms with Gasteiger partial charge in [-0.2, -0.15) is 0 Å². The molecule has 25 heavy (non-hydrogen) atoms. The number of pyridine rings is 1. The van der Waals surface area contributed by atoms with Crippen LogP contribution < -0.4 is 15.5 Å². The molecule has 0 aliphatic carbocycles. The summed E-state index contributed by atoms with van der Waals surface area (Å²) in [6.07, 6.45) is 3.03. The fourth-order valence-electron chi connectivity index (χ4n) is 3.07. The van der Waals surface area contributed by atoms with Crippen LogP contribution in [0.4, 0.5) is 0 Å². The lowest BCUT2D eigenvalue weighted by Crippen LogP contribution is -2.32. The molecule has 4 rings (SSSR count). The number of nitrogens with zero attached hydrogens (tertiary/aromatic N) is 1. The molecule has 128 valence electrons. The minimum atomic E-state index is -0.465. The third kappa shape index (κ3) is 2.68. The number of aromatic nitrogens is 1. The zero-order valence-electron chi connectivity index (χ0n) is 13.4. The molecular weight excluding hydrogens is 344 g/mol. The van der Waals surface area contributed by atoms with Gasteiger partial charge in [-0.15, -0.1) is 0 Å². The number of furan rings is 1. The van der Waals surface area contributed by atoms with Crippen molar-refractivity contribution in [3.63, 3.8) is 0 Å². The number of amides is 1. The molecule has 2 aromatic heterocycles. The van der Waals surface area contributed by atoms with E-state index in [4.69, 9.17) is 20.8 Å². The Bertz CT molecular complexity index is 1020. The molecule has 7 heteroatoms. The lowest BCUT2D eigenvalue weighted by Gasteiger charge is -2.26. The lowest BCUT2D eigenvalue weighted by atomic mass is 10.1. The van der Waals surface area contributed by atoms with E-state index < -0.39 is 11.3 Å². The van der Waals surface area contributed by atoms with Gasteiger partial charge in [-0.05, 0) is 31.2 Å².